The molecule has 0 aliphatic carbocycles. The summed E-state index contributed by atoms with van der Waals surface area (Å²) in [5.41, 5.74) is -0.312. The van der Waals surface area contributed by atoms with Crippen molar-refractivity contribution in [2.75, 3.05) is 16.8 Å². The Balaban J connectivity index is 1.59. The Labute approximate surface area is 158 Å². The van der Waals surface area contributed by atoms with E-state index >= 15 is 0 Å². The van der Waals surface area contributed by atoms with Crippen LogP contribution >= 0.6 is 0 Å². The topological polar surface area (TPSA) is 71.4 Å². The Kier molecular flexibility index (Phi) is 5.53. The van der Waals surface area contributed by atoms with Gasteiger partial charge in [-0.15, -0.1) is 0 Å². The number of rotatable bonds is 5. The number of carbonyl (C=O) groups excluding carboxylic acids is 2. The second kappa shape index (κ2) is 7.87. The standard InChI is InChI=1S/C19H18F3N3O3/c20-19(21,22)13-3-8-17(27)24(12-13)11-9-16(26)23-14-4-6-15(7-5-14)25-10-1-2-18(25)28/h3-8,12H,1-2,9-11H2,(H,23,26). The first-order chi connectivity index (χ1) is 13.2. The monoisotopic (exact) mass is 393 g/mol. The van der Waals surface area contributed by atoms with Gasteiger partial charge in [0.2, 0.25) is 11.8 Å². The van der Waals surface area contributed by atoms with E-state index in [1.165, 1.54) is 0 Å². The Bertz CT molecular complexity index is 936. The number of amides is 2. The van der Waals surface area contributed by atoms with Gasteiger partial charge >= 0.3 is 6.18 Å². The molecule has 2 amide bonds. The van der Waals surface area contributed by atoms with Crippen LogP contribution in [0.3, 0.4) is 0 Å². The highest BCUT2D eigenvalue weighted by Gasteiger charge is 2.31. The molecule has 3 rings (SSSR count). The maximum Gasteiger partial charge on any atom is 0.417 e. The van der Waals surface area contributed by atoms with Crippen molar-refractivity contribution in [1.82, 2.24) is 4.57 Å². The van der Waals surface area contributed by atoms with E-state index in [1.807, 2.05) is 0 Å². The largest absolute Gasteiger partial charge is 0.417 e. The number of aromatic nitrogens is 1. The number of anilines is 2. The normalized spacial score (nSPS) is 14.4. The first-order valence-corrected chi connectivity index (χ1v) is 8.72. The third kappa shape index (κ3) is 4.59. The molecule has 0 bridgehead atoms. The lowest BCUT2D eigenvalue weighted by molar-refractivity contribution is -0.138. The van der Waals surface area contributed by atoms with Gasteiger partial charge in [0, 0.05) is 49.6 Å². The van der Waals surface area contributed by atoms with Crippen LogP contribution in [0.25, 0.3) is 0 Å². The molecule has 0 unspecified atom stereocenters. The van der Waals surface area contributed by atoms with Crippen LogP contribution in [0, 0.1) is 0 Å². The molecule has 9 heteroatoms. The van der Waals surface area contributed by atoms with Gasteiger partial charge in [-0.2, -0.15) is 13.2 Å². The van der Waals surface area contributed by atoms with E-state index in [1.54, 1.807) is 29.2 Å². The third-order valence-electron chi connectivity index (χ3n) is 4.43. The zero-order chi connectivity index (χ0) is 20.3. The first-order valence-electron chi connectivity index (χ1n) is 8.72. The summed E-state index contributed by atoms with van der Waals surface area (Å²) in [6.45, 7) is 0.491. The molecule has 0 atom stereocenters. The number of benzene rings is 1. The Morgan fingerprint density at radius 2 is 1.79 bits per heavy atom. The summed E-state index contributed by atoms with van der Waals surface area (Å²) in [6, 6.07) is 8.28. The quantitative estimate of drug-likeness (QED) is 0.849. The van der Waals surface area contributed by atoms with E-state index in [0.717, 1.165) is 22.7 Å². The second-order valence-electron chi connectivity index (χ2n) is 6.44. The second-order valence-corrected chi connectivity index (χ2v) is 6.44. The summed E-state index contributed by atoms with van der Waals surface area (Å²) in [5, 5.41) is 2.63. The van der Waals surface area contributed by atoms with Crippen molar-refractivity contribution in [2.45, 2.75) is 32.0 Å². The van der Waals surface area contributed by atoms with E-state index in [-0.39, 0.29) is 18.9 Å². The molecule has 0 saturated carbocycles. The third-order valence-corrected chi connectivity index (χ3v) is 4.43. The molecule has 0 spiro atoms. The molecular formula is C19H18F3N3O3. The molecule has 0 radical (unpaired) electrons. The minimum Gasteiger partial charge on any atom is -0.326 e. The van der Waals surface area contributed by atoms with E-state index in [2.05, 4.69) is 5.32 Å². The number of halogens is 3. The van der Waals surface area contributed by atoms with Crippen LogP contribution in [-0.4, -0.2) is 22.9 Å². The predicted molar refractivity (Wildman–Crippen MR) is 97.0 cm³/mol. The molecule has 148 valence electrons. The minimum absolute atomic E-state index is 0.0586. The number of nitrogens with zero attached hydrogens (tertiary/aromatic N) is 2. The fourth-order valence-corrected chi connectivity index (χ4v) is 2.97. The van der Waals surface area contributed by atoms with Crippen molar-refractivity contribution in [2.24, 2.45) is 0 Å². The first kappa shape index (κ1) is 19.7. The van der Waals surface area contributed by atoms with E-state index in [9.17, 15) is 27.6 Å². The van der Waals surface area contributed by atoms with Crippen LogP contribution < -0.4 is 15.8 Å². The molecule has 1 N–H and O–H groups in total. The summed E-state index contributed by atoms with van der Waals surface area (Å²) in [5.74, 6) is -0.377. The van der Waals surface area contributed by atoms with Crippen molar-refractivity contribution in [3.63, 3.8) is 0 Å². The highest BCUT2D eigenvalue weighted by Crippen LogP contribution is 2.28. The maximum absolute atomic E-state index is 12.7. The van der Waals surface area contributed by atoms with Crippen molar-refractivity contribution in [3.05, 3.63) is 58.5 Å². The van der Waals surface area contributed by atoms with Gasteiger partial charge in [-0.05, 0) is 36.8 Å². The van der Waals surface area contributed by atoms with Crippen LogP contribution in [0.1, 0.15) is 24.8 Å². The van der Waals surface area contributed by atoms with Gasteiger partial charge in [0.15, 0.2) is 0 Å². The Hall–Kier alpha value is -3.10. The highest BCUT2D eigenvalue weighted by atomic mass is 19.4. The van der Waals surface area contributed by atoms with E-state index in [4.69, 9.17) is 0 Å². The van der Waals surface area contributed by atoms with Gasteiger partial charge in [-0.3, -0.25) is 14.4 Å². The number of alkyl halides is 3. The minimum atomic E-state index is -4.56. The molecule has 1 aliphatic rings. The Morgan fingerprint density at radius 1 is 1.07 bits per heavy atom. The van der Waals surface area contributed by atoms with Gasteiger partial charge in [-0.1, -0.05) is 0 Å². The van der Waals surface area contributed by atoms with Gasteiger partial charge in [0.1, 0.15) is 0 Å². The van der Waals surface area contributed by atoms with E-state index in [0.29, 0.717) is 30.9 Å². The zero-order valence-electron chi connectivity index (χ0n) is 14.8. The fraction of sp³-hybridized carbons (Fsp3) is 0.316. The molecule has 1 aromatic carbocycles. The van der Waals surface area contributed by atoms with Crippen molar-refractivity contribution in [1.29, 1.82) is 0 Å². The summed E-state index contributed by atoms with van der Waals surface area (Å²) in [4.78, 5) is 37.2. The van der Waals surface area contributed by atoms with Gasteiger partial charge in [0.05, 0.1) is 5.56 Å². The van der Waals surface area contributed by atoms with Crippen LogP contribution in [0.4, 0.5) is 24.5 Å². The zero-order valence-corrected chi connectivity index (χ0v) is 14.8. The van der Waals surface area contributed by atoms with Crippen LogP contribution in [0.5, 0.6) is 0 Å². The number of hydrogen-bond donors (Lipinski definition) is 1. The van der Waals surface area contributed by atoms with Crippen molar-refractivity contribution >= 4 is 23.2 Å². The van der Waals surface area contributed by atoms with Gasteiger partial charge in [-0.25, -0.2) is 0 Å². The number of pyridine rings is 1. The van der Waals surface area contributed by atoms with E-state index < -0.39 is 23.2 Å². The molecule has 28 heavy (non-hydrogen) atoms. The Morgan fingerprint density at radius 3 is 2.39 bits per heavy atom. The predicted octanol–water partition coefficient (Wildman–Crippen LogP) is 3.02. The molecule has 2 heterocycles. The molecular weight excluding hydrogens is 375 g/mol. The van der Waals surface area contributed by atoms with Gasteiger partial charge in [0.25, 0.3) is 5.56 Å². The van der Waals surface area contributed by atoms with Crippen LogP contribution in [-0.2, 0) is 22.3 Å². The summed E-state index contributed by atoms with van der Waals surface area (Å²) in [7, 11) is 0. The number of hydrogen-bond acceptors (Lipinski definition) is 3. The SMILES string of the molecule is O=C(CCn1cc(C(F)(F)F)ccc1=O)Nc1ccc(N2CCCC2=O)cc1. The lowest BCUT2D eigenvalue weighted by atomic mass is 10.2. The molecule has 1 aromatic heterocycles. The fourth-order valence-electron chi connectivity index (χ4n) is 2.97. The molecule has 1 fully saturated rings. The average molecular weight is 393 g/mol. The lowest BCUT2D eigenvalue weighted by Crippen LogP contribution is -2.24. The summed E-state index contributed by atoms with van der Waals surface area (Å²) in [6.07, 6.45) is -2.68. The smallest absolute Gasteiger partial charge is 0.326 e. The summed E-state index contributed by atoms with van der Waals surface area (Å²) < 4.78 is 39.1. The van der Waals surface area contributed by atoms with Crippen molar-refractivity contribution in [3.8, 4) is 0 Å². The average Bonchev–Trinajstić information content (AvgIpc) is 3.06. The molecule has 6 nitrogen and oxygen atoms in total. The van der Waals surface area contributed by atoms with Crippen molar-refractivity contribution < 1.29 is 22.8 Å². The number of nitrogens with one attached hydrogen (secondary N) is 1. The molecule has 1 aliphatic heterocycles. The maximum atomic E-state index is 12.7. The van der Waals surface area contributed by atoms with Gasteiger partial charge < -0.3 is 14.8 Å². The molecule has 1 saturated heterocycles. The van der Waals surface area contributed by atoms with Crippen LogP contribution in [0.15, 0.2) is 47.4 Å². The lowest BCUT2D eigenvalue weighted by Gasteiger charge is -2.16. The highest BCUT2D eigenvalue weighted by molar-refractivity contribution is 5.96. The number of aryl methyl sites for hydroxylation is 1. The summed E-state index contributed by atoms with van der Waals surface area (Å²) >= 11 is 0. The number of carbonyl (C=O) groups is 2. The van der Waals surface area contributed by atoms with Crippen LogP contribution in [0.2, 0.25) is 0 Å². The molecule has 2 aromatic rings.